The molecule has 0 bridgehead atoms. The van der Waals surface area contributed by atoms with Gasteiger partial charge in [0.05, 0.1) is 12.6 Å². The van der Waals surface area contributed by atoms with Crippen molar-refractivity contribution in [2.24, 2.45) is 0 Å². The highest BCUT2D eigenvalue weighted by Crippen LogP contribution is 2.16. The van der Waals surface area contributed by atoms with Crippen molar-refractivity contribution in [3.63, 3.8) is 0 Å². The Hall–Kier alpha value is -2.08. The van der Waals surface area contributed by atoms with Gasteiger partial charge in [-0.3, -0.25) is 14.6 Å². The van der Waals surface area contributed by atoms with Crippen molar-refractivity contribution in [1.82, 2.24) is 15.1 Å². The maximum absolute atomic E-state index is 12.4. The summed E-state index contributed by atoms with van der Waals surface area (Å²) in [5.41, 5.74) is 1.06. The van der Waals surface area contributed by atoms with Crippen LogP contribution >= 0.6 is 11.6 Å². The second-order valence-electron chi connectivity index (χ2n) is 7.12. The topological polar surface area (TPSA) is 44.8 Å². The molecule has 0 aromatic heterocycles. The normalized spacial score (nSPS) is 16.5. The first-order chi connectivity index (χ1) is 13.6. The SMILES string of the molecule is C[C@@H](NC(=O)CN1CCN(CCOc2ccccc2)CC1)c1ccc(Cl)cc1. The van der Waals surface area contributed by atoms with Crippen LogP contribution in [0.3, 0.4) is 0 Å². The van der Waals surface area contributed by atoms with Crippen LogP contribution in [0.4, 0.5) is 0 Å². The molecule has 2 aromatic rings. The number of hydrogen-bond donors (Lipinski definition) is 1. The molecule has 0 unspecified atom stereocenters. The zero-order valence-electron chi connectivity index (χ0n) is 16.3. The maximum Gasteiger partial charge on any atom is 0.234 e. The Kier molecular flexibility index (Phi) is 7.71. The number of carbonyl (C=O) groups is 1. The van der Waals surface area contributed by atoms with Gasteiger partial charge in [0, 0.05) is 37.7 Å². The lowest BCUT2D eigenvalue weighted by molar-refractivity contribution is -0.123. The van der Waals surface area contributed by atoms with Gasteiger partial charge < -0.3 is 10.1 Å². The van der Waals surface area contributed by atoms with Crippen LogP contribution in [-0.4, -0.2) is 61.6 Å². The molecule has 1 fully saturated rings. The molecule has 0 spiro atoms. The minimum Gasteiger partial charge on any atom is -0.492 e. The molecule has 150 valence electrons. The van der Waals surface area contributed by atoms with E-state index in [4.69, 9.17) is 16.3 Å². The lowest BCUT2D eigenvalue weighted by atomic mass is 10.1. The summed E-state index contributed by atoms with van der Waals surface area (Å²) >= 11 is 5.92. The van der Waals surface area contributed by atoms with E-state index in [2.05, 4.69) is 15.1 Å². The van der Waals surface area contributed by atoms with Gasteiger partial charge in [-0.25, -0.2) is 0 Å². The van der Waals surface area contributed by atoms with Crippen molar-refractivity contribution in [2.75, 3.05) is 45.9 Å². The first-order valence-corrected chi connectivity index (χ1v) is 10.2. The predicted octanol–water partition coefficient (Wildman–Crippen LogP) is 3.21. The van der Waals surface area contributed by atoms with Crippen molar-refractivity contribution in [1.29, 1.82) is 0 Å². The summed E-state index contributed by atoms with van der Waals surface area (Å²) in [6, 6.07) is 17.5. The Morgan fingerprint density at radius 3 is 2.36 bits per heavy atom. The molecule has 6 heteroatoms. The molecule has 1 amide bonds. The molecule has 1 aliphatic rings. The summed E-state index contributed by atoms with van der Waals surface area (Å²) in [4.78, 5) is 16.9. The van der Waals surface area contributed by atoms with Gasteiger partial charge in [-0.2, -0.15) is 0 Å². The Morgan fingerprint density at radius 2 is 1.68 bits per heavy atom. The average molecular weight is 402 g/mol. The van der Waals surface area contributed by atoms with Gasteiger partial charge in [0.1, 0.15) is 12.4 Å². The minimum atomic E-state index is -0.0267. The standard InChI is InChI=1S/C22H28ClN3O2/c1-18(19-7-9-20(23)10-8-19)24-22(27)17-26-13-11-25(12-14-26)15-16-28-21-5-3-2-4-6-21/h2-10,18H,11-17H2,1H3,(H,24,27)/t18-/m1/s1. The van der Waals surface area contributed by atoms with E-state index in [1.165, 1.54) is 0 Å². The monoisotopic (exact) mass is 401 g/mol. The smallest absolute Gasteiger partial charge is 0.234 e. The van der Waals surface area contributed by atoms with E-state index in [1.807, 2.05) is 61.5 Å². The third-order valence-corrected chi connectivity index (χ3v) is 5.25. The van der Waals surface area contributed by atoms with Crippen molar-refractivity contribution >= 4 is 17.5 Å². The Labute approximate surface area is 172 Å². The molecule has 1 aliphatic heterocycles. The number of nitrogens with zero attached hydrogens (tertiary/aromatic N) is 2. The highest BCUT2D eigenvalue weighted by atomic mass is 35.5. The van der Waals surface area contributed by atoms with Crippen LogP contribution in [-0.2, 0) is 4.79 Å². The largest absolute Gasteiger partial charge is 0.492 e. The van der Waals surface area contributed by atoms with E-state index in [9.17, 15) is 4.79 Å². The molecule has 1 N–H and O–H groups in total. The second-order valence-corrected chi connectivity index (χ2v) is 7.56. The molecule has 1 atom stereocenters. The first kappa shape index (κ1) is 20.6. The molecular formula is C22H28ClN3O2. The molecule has 0 radical (unpaired) electrons. The molecule has 5 nitrogen and oxygen atoms in total. The molecule has 0 saturated carbocycles. The average Bonchev–Trinajstić information content (AvgIpc) is 2.70. The number of carbonyl (C=O) groups excluding carboxylic acids is 1. The van der Waals surface area contributed by atoms with E-state index < -0.39 is 0 Å². The third kappa shape index (κ3) is 6.51. The number of para-hydroxylation sites is 1. The molecule has 0 aliphatic carbocycles. The zero-order chi connectivity index (χ0) is 19.8. The van der Waals surface area contributed by atoms with Gasteiger partial charge in [-0.05, 0) is 36.8 Å². The van der Waals surface area contributed by atoms with Gasteiger partial charge in [-0.1, -0.05) is 41.9 Å². The van der Waals surface area contributed by atoms with Gasteiger partial charge in [0.25, 0.3) is 0 Å². The lowest BCUT2D eigenvalue weighted by Crippen LogP contribution is -2.50. The Balaban J connectivity index is 1.33. The fraction of sp³-hybridized carbons (Fsp3) is 0.409. The van der Waals surface area contributed by atoms with Gasteiger partial charge in [0.15, 0.2) is 0 Å². The lowest BCUT2D eigenvalue weighted by Gasteiger charge is -2.34. The number of amides is 1. The van der Waals surface area contributed by atoms with Crippen LogP contribution in [0, 0.1) is 0 Å². The first-order valence-electron chi connectivity index (χ1n) is 9.77. The summed E-state index contributed by atoms with van der Waals surface area (Å²) in [5, 5.41) is 3.77. The number of hydrogen-bond acceptors (Lipinski definition) is 4. The number of ether oxygens (including phenoxy) is 1. The molecule has 3 rings (SSSR count). The second kappa shape index (κ2) is 10.5. The van der Waals surface area contributed by atoms with Gasteiger partial charge in [0.2, 0.25) is 5.91 Å². The van der Waals surface area contributed by atoms with Crippen molar-refractivity contribution < 1.29 is 9.53 Å². The van der Waals surface area contributed by atoms with Crippen LogP contribution < -0.4 is 10.1 Å². The predicted molar refractivity (Wildman–Crippen MR) is 113 cm³/mol. The van der Waals surface area contributed by atoms with Crippen LogP contribution in [0.5, 0.6) is 5.75 Å². The van der Waals surface area contributed by atoms with Crippen molar-refractivity contribution in [2.45, 2.75) is 13.0 Å². The molecule has 2 aromatic carbocycles. The van der Waals surface area contributed by atoms with E-state index in [0.29, 0.717) is 18.2 Å². The minimum absolute atomic E-state index is 0.0267. The third-order valence-electron chi connectivity index (χ3n) is 5.00. The summed E-state index contributed by atoms with van der Waals surface area (Å²) < 4.78 is 5.77. The van der Waals surface area contributed by atoms with Crippen LogP contribution in [0.15, 0.2) is 54.6 Å². The summed E-state index contributed by atoms with van der Waals surface area (Å²) in [5.74, 6) is 0.968. The number of piperazine rings is 1. The quantitative estimate of drug-likeness (QED) is 0.737. The fourth-order valence-electron chi connectivity index (χ4n) is 3.31. The molecule has 28 heavy (non-hydrogen) atoms. The highest BCUT2D eigenvalue weighted by molar-refractivity contribution is 6.30. The molecular weight excluding hydrogens is 374 g/mol. The van der Waals surface area contributed by atoms with Gasteiger partial charge >= 0.3 is 0 Å². The zero-order valence-corrected chi connectivity index (χ0v) is 17.1. The van der Waals surface area contributed by atoms with Crippen LogP contribution in [0.2, 0.25) is 5.02 Å². The number of rotatable bonds is 8. The van der Waals surface area contributed by atoms with Gasteiger partial charge in [-0.15, -0.1) is 0 Å². The van der Waals surface area contributed by atoms with Crippen molar-refractivity contribution in [3.8, 4) is 5.75 Å². The van der Waals surface area contributed by atoms with E-state index in [0.717, 1.165) is 44.0 Å². The summed E-state index contributed by atoms with van der Waals surface area (Å²) in [7, 11) is 0. The van der Waals surface area contributed by atoms with Crippen LogP contribution in [0.25, 0.3) is 0 Å². The Bertz CT molecular complexity index is 731. The van der Waals surface area contributed by atoms with Crippen molar-refractivity contribution in [3.05, 3.63) is 65.2 Å². The van der Waals surface area contributed by atoms with Crippen LogP contribution in [0.1, 0.15) is 18.5 Å². The summed E-state index contributed by atoms with van der Waals surface area (Å²) in [6.07, 6.45) is 0. The fourth-order valence-corrected chi connectivity index (χ4v) is 3.43. The number of benzene rings is 2. The van der Waals surface area contributed by atoms with E-state index in [1.54, 1.807) is 0 Å². The van der Waals surface area contributed by atoms with E-state index >= 15 is 0 Å². The number of nitrogens with one attached hydrogen (secondary N) is 1. The maximum atomic E-state index is 12.4. The Morgan fingerprint density at radius 1 is 1.04 bits per heavy atom. The summed E-state index contributed by atoms with van der Waals surface area (Å²) in [6.45, 7) is 7.72. The number of halogens is 1. The molecule has 1 saturated heterocycles. The highest BCUT2D eigenvalue weighted by Gasteiger charge is 2.19. The van der Waals surface area contributed by atoms with E-state index in [-0.39, 0.29) is 11.9 Å². The molecule has 1 heterocycles.